The Morgan fingerprint density at radius 3 is 2.22 bits per heavy atom. The summed E-state index contributed by atoms with van der Waals surface area (Å²) in [5.74, 6) is -0.646. The Labute approximate surface area is 210 Å². The van der Waals surface area contributed by atoms with E-state index in [0.717, 1.165) is 41.0 Å². The Morgan fingerprint density at radius 2 is 1.67 bits per heavy atom. The van der Waals surface area contributed by atoms with Crippen LogP contribution in [0.5, 0.6) is 0 Å². The van der Waals surface area contributed by atoms with Crippen LogP contribution in [-0.2, 0) is 24.1 Å². The third-order valence-electron chi connectivity index (χ3n) is 5.96. The van der Waals surface area contributed by atoms with E-state index in [9.17, 15) is 27.2 Å². The van der Waals surface area contributed by atoms with Crippen LogP contribution in [0.15, 0.2) is 60.0 Å². The van der Waals surface area contributed by atoms with Gasteiger partial charge in [-0.1, -0.05) is 12.1 Å². The molecule has 1 aliphatic rings. The van der Waals surface area contributed by atoms with Crippen LogP contribution in [0.3, 0.4) is 0 Å². The first-order chi connectivity index (χ1) is 17.1. The molecule has 1 saturated carbocycles. The largest absolute Gasteiger partial charge is 0.416 e. The average Bonchev–Trinajstić information content (AvgIpc) is 3.59. The first kappa shape index (κ1) is 25.7. The molecule has 3 amide bonds. The first-order valence-electron chi connectivity index (χ1n) is 11.4. The Hall–Kier alpha value is -3.40. The van der Waals surface area contributed by atoms with Crippen molar-refractivity contribution in [3.8, 4) is 0 Å². The smallest absolute Gasteiger partial charge is 0.332 e. The number of halogens is 4. The lowest BCUT2D eigenvalue weighted by Crippen LogP contribution is -2.45. The summed E-state index contributed by atoms with van der Waals surface area (Å²) in [7, 11) is 0. The second-order valence-electron chi connectivity index (χ2n) is 8.77. The third-order valence-corrected chi connectivity index (χ3v) is 6.97. The summed E-state index contributed by atoms with van der Waals surface area (Å²) < 4.78 is 51.8. The molecule has 4 rings (SSSR count). The lowest BCUT2D eigenvalue weighted by atomic mass is 10.2. The molecule has 10 heteroatoms. The normalized spacial score (nSPS) is 13.4. The number of hydrogen-bond donors (Lipinski definition) is 1. The molecular formula is C26H25F4N3O2S. The van der Waals surface area contributed by atoms with E-state index in [2.05, 4.69) is 5.32 Å². The van der Waals surface area contributed by atoms with Crippen LogP contribution >= 0.6 is 11.3 Å². The van der Waals surface area contributed by atoms with Gasteiger partial charge in [0.2, 0.25) is 5.91 Å². The van der Waals surface area contributed by atoms with Gasteiger partial charge in [-0.05, 0) is 78.7 Å². The summed E-state index contributed by atoms with van der Waals surface area (Å²) in [6, 6.07) is 11.4. The maximum absolute atomic E-state index is 13.4. The zero-order valence-corrected chi connectivity index (χ0v) is 20.3. The highest BCUT2D eigenvalue weighted by Crippen LogP contribution is 2.31. The fourth-order valence-electron chi connectivity index (χ4n) is 3.72. The molecule has 0 bridgehead atoms. The molecule has 5 nitrogen and oxygen atoms in total. The van der Waals surface area contributed by atoms with Crippen LogP contribution < -0.4 is 5.32 Å². The SMILES string of the molecule is Cc1ccsc1CN(Cc1ccc(F)cc1)C(=O)CN(C(=O)Nc1ccc(C(F)(F)F)cc1)C1CC1. The van der Waals surface area contributed by atoms with Crippen molar-refractivity contribution in [2.45, 2.75) is 45.1 Å². The maximum Gasteiger partial charge on any atom is 0.416 e. The number of urea groups is 1. The van der Waals surface area contributed by atoms with Gasteiger partial charge >= 0.3 is 12.2 Å². The topological polar surface area (TPSA) is 52.7 Å². The lowest BCUT2D eigenvalue weighted by Gasteiger charge is -2.28. The molecule has 1 aromatic heterocycles. The summed E-state index contributed by atoms with van der Waals surface area (Å²) in [6.45, 7) is 2.37. The predicted molar refractivity (Wildman–Crippen MR) is 130 cm³/mol. The van der Waals surface area contributed by atoms with E-state index in [0.29, 0.717) is 6.54 Å². The van der Waals surface area contributed by atoms with Gasteiger partial charge in [-0.3, -0.25) is 4.79 Å². The number of alkyl halides is 3. The minimum absolute atomic E-state index is 0.112. The van der Waals surface area contributed by atoms with Gasteiger partial charge in [0.25, 0.3) is 0 Å². The number of thiophene rings is 1. The van der Waals surface area contributed by atoms with E-state index in [4.69, 9.17) is 0 Å². The molecule has 0 radical (unpaired) electrons. The highest BCUT2D eigenvalue weighted by molar-refractivity contribution is 7.10. The van der Waals surface area contributed by atoms with Gasteiger partial charge in [-0.25, -0.2) is 9.18 Å². The van der Waals surface area contributed by atoms with Crippen LogP contribution in [0.4, 0.5) is 28.0 Å². The highest BCUT2D eigenvalue weighted by Gasteiger charge is 2.35. The van der Waals surface area contributed by atoms with E-state index in [-0.39, 0.29) is 36.5 Å². The highest BCUT2D eigenvalue weighted by atomic mass is 32.1. The van der Waals surface area contributed by atoms with Crippen LogP contribution in [-0.4, -0.2) is 34.3 Å². The monoisotopic (exact) mass is 519 g/mol. The molecule has 36 heavy (non-hydrogen) atoms. The molecular weight excluding hydrogens is 494 g/mol. The molecule has 0 saturated heterocycles. The van der Waals surface area contributed by atoms with Gasteiger partial charge in [0.15, 0.2) is 0 Å². The minimum atomic E-state index is -4.47. The fourth-order valence-corrected chi connectivity index (χ4v) is 4.64. The zero-order chi connectivity index (χ0) is 25.9. The summed E-state index contributed by atoms with van der Waals surface area (Å²) in [5, 5.41) is 4.55. The lowest BCUT2D eigenvalue weighted by molar-refractivity contribution is -0.137. The molecule has 0 unspecified atom stereocenters. The first-order valence-corrected chi connectivity index (χ1v) is 12.3. The minimum Gasteiger partial charge on any atom is -0.332 e. The standard InChI is InChI=1S/C26H25F4N3O2S/c1-17-12-13-36-23(17)15-32(14-18-2-6-20(27)7-3-18)24(34)16-33(22-10-11-22)25(35)31-21-8-4-19(5-9-21)26(28,29)30/h2-9,12-13,22H,10-11,14-16H2,1H3,(H,31,35). The van der Waals surface area contributed by atoms with Crippen molar-refractivity contribution in [3.05, 3.63) is 87.4 Å². The van der Waals surface area contributed by atoms with Gasteiger partial charge in [-0.15, -0.1) is 11.3 Å². The maximum atomic E-state index is 13.4. The second kappa shape index (κ2) is 10.7. The molecule has 3 aromatic rings. The van der Waals surface area contributed by atoms with Crippen LogP contribution in [0, 0.1) is 12.7 Å². The van der Waals surface area contributed by atoms with Crippen LogP contribution in [0.2, 0.25) is 0 Å². The van der Waals surface area contributed by atoms with Gasteiger partial charge in [-0.2, -0.15) is 13.2 Å². The number of aryl methyl sites for hydroxylation is 1. The third kappa shape index (κ3) is 6.63. The zero-order valence-electron chi connectivity index (χ0n) is 19.5. The Balaban J connectivity index is 1.48. The predicted octanol–water partition coefficient (Wildman–Crippen LogP) is 6.44. The molecule has 1 N–H and O–H groups in total. The van der Waals surface area contributed by atoms with Crippen molar-refractivity contribution in [2.75, 3.05) is 11.9 Å². The van der Waals surface area contributed by atoms with Gasteiger partial charge < -0.3 is 15.1 Å². The molecule has 0 aliphatic heterocycles. The van der Waals surface area contributed by atoms with E-state index < -0.39 is 17.8 Å². The van der Waals surface area contributed by atoms with E-state index >= 15 is 0 Å². The molecule has 1 heterocycles. The van der Waals surface area contributed by atoms with Crippen LogP contribution in [0.1, 0.15) is 34.4 Å². The summed E-state index contributed by atoms with van der Waals surface area (Å²) in [4.78, 5) is 30.5. The number of amides is 3. The number of nitrogens with zero attached hydrogens (tertiary/aromatic N) is 2. The molecule has 0 atom stereocenters. The number of benzene rings is 2. The number of nitrogens with one attached hydrogen (secondary N) is 1. The number of hydrogen-bond acceptors (Lipinski definition) is 3. The Bertz CT molecular complexity index is 1210. The number of rotatable bonds is 8. The van der Waals surface area contributed by atoms with Crippen molar-refractivity contribution in [1.82, 2.24) is 9.80 Å². The summed E-state index contributed by atoms with van der Waals surface area (Å²) in [5.41, 5.74) is 1.21. The quantitative estimate of drug-likeness (QED) is 0.348. The van der Waals surface area contributed by atoms with Crippen molar-refractivity contribution in [2.24, 2.45) is 0 Å². The van der Waals surface area contributed by atoms with Gasteiger partial charge in [0.1, 0.15) is 12.4 Å². The Kier molecular flexibility index (Phi) is 7.63. The molecule has 2 aromatic carbocycles. The van der Waals surface area contributed by atoms with E-state index in [1.54, 1.807) is 17.0 Å². The molecule has 1 aliphatic carbocycles. The van der Waals surface area contributed by atoms with E-state index in [1.165, 1.54) is 40.5 Å². The summed E-state index contributed by atoms with van der Waals surface area (Å²) >= 11 is 1.53. The van der Waals surface area contributed by atoms with Gasteiger partial charge in [0, 0.05) is 23.2 Å². The average molecular weight is 520 g/mol. The van der Waals surface area contributed by atoms with Crippen molar-refractivity contribution in [3.63, 3.8) is 0 Å². The number of anilines is 1. The Morgan fingerprint density at radius 1 is 1.00 bits per heavy atom. The molecule has 1 fully saturated rings. The van der Waals surface area contributed by atoms with Crippen molar-refractivity contribution < 1.29 is 27.2 Å². The van der Waals surface area contributed by atoms with Crippen LogP contribution in [0.25, 0.3) is 0 Å². The number of carbonyl (C=O) groups is 2. The second-order valence-corrected chi connectivity index (χ2v) is 9.77. The van der Waals surface area contributed by atoms with E-state index in [1.807, 2.05) is 18.4 Å². The molecule has 190 valence electrons. The van der Waals surface area contributed by atoms with Gasteiger partial charge in [0.05, 0.1) is 12.1 Å². The fraction of sp³-hybridized carbons (Fsp3) is 0.308. The van der Waals surface area contributed by atoms with Crippen molar-refractivity contribution >= 4 is 29.0 Å². The number of carbonyl (C=O) groups excluding carboxylic acids is 2. The van der Waals surface area contributed by atoms with Crippen molar-refractivity contribution in [1.29, 1.82) is 0 Å². The molecule has 0 spiro atoms. The summed E-state index contributed by atoms with van der Waals surface area (Å²) in [6.07, 6.45) is -2.98.